The Kier molecular flexibility index (Phi) is 4.24. The molecule has 1 aliphatic heterocycles. The number of halogens is 1. The van der Waals surface area contributed by atoms with E-state index in [4.69, 9.17) is 0 Å². The van der Waals surface area contributed by atoms with Gasteiger partial charge in [-0.25, -0.2) is 4.39 Å². The van der Waals surface area contributed by atoms with Crippen LogP contribution in [-0.4, -0.2) is 38.8 Å². The summed E-state index contributed by atoms with van der Waals surface area (Å²) in [6.07, 6.45) is 1.64. The van der Waals surface area contributed by atoms with Crippen LogP contribution in [0.25, 0.3) is 5.65 Å². The van der Waals surface area contributed by atoms with Crippen LogP contribution in [0.1, 0.15) is 18.7 Å². The molecule has 3 aromatic rings. The molecule has 0 saturated carbocycles. The topological polar surface area (TPSA) is 75.4 Å². The highest BCUT2D eigenvalue weighted by Crippen LogP contribution is 2.24. The summed E-state index contributed by atoms with van der Waals surface area (Å²) in [6, 6.07) is 9.96. The van der Waals surface area contributed by atoms with Gasteiger partial charge in [-0.3, -0.25) is 4.79 Å². The van der Waals surface area contributed by atoms with E-state index in [1.54, 1.807) is 22.7 Å². The van der Waals surface area contributed by atoms with Crippen LogP contribution >= 0.6 is 0 Å². The fourth-order valence-corrected chi connectivity index (χ4v) is 3.25. The Labute approximate surface area is 149 Å². The molecule has 1 saturated heterocycles. The minimum atomic E-state index is -0.427. The third kappa shape index (κ3) is 3.10. The van der Waals surface area contributed by atoms with E-state index in [0.29, 0.717) is 18.0 Å². The van der Waals surface area contributed by atoms with Gasteiger partial charge in [0.1, 0.15) is 11.6 Å². The first-order chi connectivity index (χ1) is 12.6. The van der Waals surface area contributed by atoms with Crippen molar-refractivity contribution in [2.45, 2.75) is 19.8 Å². The highest BCUT2D eigenvalue weighted by atomic mass is 19.1. The number of amides is 1. The summed E-state index contributed by atoms with van der Waals surface area (Å²) in [4.78, 5) is 14.6. The fraction of sp³-hybridized carbons (Fsp3) is 0.333. The van der Waals surface area contributed by atoms with Gasteiger partial charge in [0.15, 0.2) is 11.5 Å². The summed E-state index contributed by atoms with van der Waals surface area (Å²) in [6.45, 7) is 3.21. The summed E-state index contributed by atoms with van der Waals surface area (Å²) in [7, 11) is 0. The van der Waals surface area contributed by atoms with Crippen molar-refractivity contribution in [1.29, 1.82) is 0 Å². The molecule has 1 N–H and O–H groups in total. The predicted molar refractivity (Wildman–Crippen MR) is 95.5 cm³/mol. The molecule has 8 heteroatoms. The number of fused-ring (bicyclic) bond motifs is 1. The Morgan fingerprint density at radius 2 is 2.08 bits per heavy atom. The average molecular weight is 354 g/mol. The number of hydrogen-bond acceptors (Lipinski definition) is 5. The molecular formula is C18H19FN6O. The van der Waals surface area contributed by atoms with Crippen molar-refractivity contribution in [3.8, 4) is 0 Å². The van der Waals surface area contributed by atoms with Gasteiger partial charge in [0.2, 0.25) is 5.91 Å². The molecule has 0 unspecified atom stereocenters. The molecule has 0 bridgehead atoms. The van der Waals surface area contributed by atoms with Gasteiger partial charge >= 0.3 is 0 Å². The minimum absolute atomic E-state index is 0.165. The van der Waals surface area contributed by atoms with E-state index >= 15 is 0 Å². The summed E-state index contributed by atoms with van der Waals surface area (Å²) in [5.74, 6) is 0.685. The first-order valence-corrected chi connectivity index (χ1v) is 8.61. The maximum absolute atomic E-state index is 13.8. The van der Waals surface area contributed by atoms with Crippen LogP contribution in [0.3, 0.4) is 0 Å². The quantitative estimate of drug-likeness (QED) is 0.782. The second-order valence-corrected chi connectivity index (χ2v) is 6.46. The summed E-state index contributed by atoms with van der Waals surface area (Å²) in [5.41, 5.74) is 0.909. The van der Waals surface area contributed by atoms with Crippen LogP contribution in [0.5, 0.6) is 0 Å². The van der Waals surface area contributed by atoms with Gasteiger partial charge < -0.3 is 10.2 Å². The van der Waals surface area contributed by atoms with Crippen LogP contribution in [0.2, 0.25) is 0 Å². The SMILES string of the molecule is Cc1nnc2ccc(N3CCC[C@H](C(=O)Nc4ccccc4F)C3)nn12. The fourth-order valence-electron chi connectivity index (χ4n) is 3.25. The first kappa shape index (κ1) is 16.4. The zero-order valence-electron chi connectivity index (χ0n) is 14.4. The van der Waals surface area contributed by atoms with Crippen LogP contribution in [0, 0.1) is 18.7 Å². The van der Waals surface area contributed by atoms with Gasteiger partial charge in [0, 0.05) is 13.1 Å². The van der Waals surface area contributed by atoms with Crippen molar-refractivity contribution in [1.82, 2.24) is 19.8 Å². The zero-order valence-corrected chi connectivity index (χ0v) is 14.4. The largest absolute Gasteiger partial charge is 0.354 e. The van der Waals surface area contributed by atoms with Gasteiger partial charge in [-0.15, -0.1) is 15.3 Å². The third-order valence-corrected chi connectivity index (χ3v) is 4.65. The lowest BCUT2D eigenvalue weighted by molar-refractivity contribution is -0.120. The summed E-state index contributed by atoms with van der Waals surface area (Å²) >= 11 is 0. The van der Waals surface area contributed by atoms with Gasteiger partial charge in [0.05, 0.1) is 11.6 Å². The number of piperidine rings is 1. The third-order valence-electron chi connectivity index (χ3n) is 4.65. The Balaban J connectivity index is 1.50. The normalized spacial score (nSPS) is 17.5. The monoisotopic (exact) mass is 354 g/mol. The minimum Gasteiger partial charge on any atom is -0.354 e. The van der Waals surface area contributed by atoms with E-state index in [2.05, 4.69) is 25.5 Å². The number of nitrogens with zero attached hydrogens (tertiary/aromatic N) is 5. The van der Waals surface area contributed by atoms with Crippen LogP contribution in [0.15, 0.2) is 36.4 Å². The molecule has 0 radical (unpaired) electrons. The number of para-hydroxylation sites is 1. The second-order valence-electron chi connectivity index (χ2n) is 6.46. The maximum atomic E-state index is 13.8. The summed E-state index contributed by atoms with van der Waals surface area (Å²) < 4.78 is 15.5. The number of hydrogen-bond donors (Lipinski definition) is 1. The van der Waals surface area contributed by atoms with E-state index in [-0.39, 0.29) is 17.5 Å². The van der Waals surface area contributed by atoms with Crippen molar-refractivity contribution in [3.63, 3.8) is 0 Å². The van der Waals surface area contributed by atoms with Crippen LogP contribution < -0.4 is 10.2 Å². The molecule has 0 aliphatic carbocycles. The molecule has 26 heavy (non-hydrogen) atoms. The number of anilines is 2. The maximum Gasteiger partial charge on any atom is 0.229 e. The van der Waals surface area contributed by atoms with Crippen LogP contribution in [0.4, 0.5) is 15.9 Å². The number of nitrogens with one attached hydrogen (secondary N) is 1. The molecule has 1 aromatic carbocycles. The average Bonchev–Trinajstić information content (AvgIpc) is 3.04. The molecule has 1 aliphatic rings. The van der Waals surface area contributed by atoms with Crippen LogP contribution in [-0.2, 0) is 4.79 Å². The number of carbonyl (C=O) groups excluding carboxylic acids is 1. The molecule has 1 amide bonds. The Hall–Kier alpha value is -3.03. The van der Waals surface area contributed by atoms with Crippen molar-refractivity contribution >= 4 is 23.1 Å². The molecule has 1 fully saturated rings. The molecule has 4 rings (SSSR count). The zero-order chi connectivity index (χ0) is 18.1. The number of benzene rings is 1. The van der Waals surface area contributed by atoms with Gasteiger partial charge in [-0.05, 0) is 44.0 Å². The van der Waals surface area contributed by atoms with E-state index in [0.717, 1.165) is 25.2 Å². The van der Waals surface area contributed by atoms with E-state index in [1.807, 2.05) is 19.1 Å². The molecule has 1 atom stereocenters. The summed E-state index contributed by atoms with van der Waals surface area (Å²) in [5, 5.41) is 15.3. The Morgan fingerprint density at radius 3 is 2.92 bits per heavy atom. The van der Waals surface area contributed by atoms with Crippen molar-refractivity contribution in [2.24, 2.45) is 5.92 Å². The highest BCUT2D eigenvalue weighted by molar-refractivity contribution is 5.93. The van der Waals surface area contributed by atoms with E-state index in [9.17, 15) is 9.18 Å². The van der Waals surface area contributed by atoms with Crippen molar-refractivity contribution in [2.75, 3.05) is 23.3 Å². The smallest absolute Gasteiger partial charge is 0.229 e. The highest BCUT2D eigenvalue weighted by Gasteiger charge is 2.27. The first-order valence-electron chi connectivity index (χ1n) is 8.61. The lowest BCUT2D eigenvalue weighted by Gasteiger charge is -2.32. The van der Waals surface area contributed by atoms with Crippen molar-refractivity contribution in [3.05, 3.63) is 48.0 Å². The van der Waals surface area contributed by atoms with Gasteiger partial charge in [-0.2, -0.15) is 4.52 Å². The molecule has 7 nitrogen and oxygen atoms in total. The molecular weight excluding hydrogens is 335 g/mol. The second kappa shape index (κ2) is 6.70. The van der Waals surface area contributed by atoms with Gasteiger partial charge in [0.25, 0.3) is 0 Å². The van der Waals surface area contributed by atoms with Crippen molar-refractivity contribution < 1.29 is 9.18 Å². The number of carbonyl (C=O) groups is 1. The lowest BCUT2D eigenvalue weighted by Crippen LogP contribution is -2.41. The number of rotatable bonds is 3. The standard InChI is InChI=1S/C18H19FN6O/c1-12-21-22-16-8-9-17(23-25(12)16)24-10-4-5-13(11-24)18(26)20-15-7-3-2-6-14(15)19/h2-3,6-9,13H,4-5,10-11H2,1H3,(H,20,26)/t13-/m0/s1. The van der Waals surface area contributed by atoms with Gasteiger partial charge in [-0.1, -0.05) is 12.1 Å². The lowest BCUT2D eigenvalue weighted by atomic mass is 9.97. The molecule has 3 heterocycles. The predicted octanol–water partition coefficient (Wildman–Crippen LogP) is 2.43. The molecule has 0 spiro atoms. The number of aryl methyl sites for hydroxylation is 1. The Morgan fingerprint density at radius 1 is 1.23 bits per heavy atom. The molecule has 2 aromatic heterocycles. The van der Waals surface area contributed by atoms with E-state index < -0.39 is 5.82 Å². The van der Waals surface area contributed by atoms with E-state index in [1.165, 1.54) is 6.07 Å². The Bertz CT molecular complexity index is 956. The number of aromatic nitrogens is 4. The molecule has 134 valence electrons.